The zero-order chi connectivity index (χ0) is 48.9. The Kier molecular flexibility index (Phi) is 17.7. The fourth-order valence-electron chi connectivity index (χ4n) is 8.99. The molecule has 0 aliphatic carbocycles. The molecule has 0 saturated carbocycles. The van der Waals surface area contributed by atoms with Gasteiger partial charge in [0, 0.05) is 22.8 Å². The maximum atomic E-state index is 11.7. The van der Waals surface area contributed by atoms with Crippen molar-refractivity contribution in [1.29, 1.82) is 0 Å². The van der Waals surface area contributed by atoms with Gasteiger partial charge in [-0.05, 0) is 127 Å². The van der Waals surface area contributed by atoms with Crippen LogP contribution in [0.3, 0.4) is 0 Å². The van der Waals surface area contributed by atoms with Gasteiger partial charge in [0.25, 0.3) is 0 Å². The van der Waals surface area contributed by atoms with E-state index in [4.69, 9.17) is 9.15 Å². The second kappa shape index (κ2) is 20.7. The second-order valence-corrected chi connectivity index (χ2v) is 26.4. The third kappa shape index (κ3) is 16.5. The Labute approximate surface area is 400 Å². The van der Waals surface area contributed by atoms with Gasteiger partial charge in [0.2, 0.25) is 0 Å². The van der Waals surface area contributed by atoms with E-state index in [2.05, 4.69) is 215 Å². The summed E-state index contributed by atoms with van der Waals surface area (Å²) in [7, 11) is 0. The van der Waals surface area contributed by atoms with Gasteiger partial charge in [0.05, 0.1) is 0 Å². The van der Waals surface area contributed by atoms with Gasteiger partial charge in [-0.3, -0.25) is 0 Å². The van der Waals surface area contributed by atoms with E-state index in [-0.39, 0.29) is 48.9 Å². The van der Waals surface area contributed by atoms with Crippen LogP contribution in [-0.4, -0.2) is 11.9 Å². The molecule has 3 nitrogen and oxygen atoms in total. The molecule has 0 amide bonds. The summed E-state index contributed by atoms with van der Waals surface area (Å²) in [6.45, 7) is 49.2. The molecular weight excluding hydrogens is 849 g/mol. The van der Waals surface area contributed by atoms with Crippen molar-refractivity contribution in [3.05, 3.63) is 134 Å². The normalized spacial score (nSPS) is 13.8. The van der Waals surface area contributed by atoms with Gasteiger partial charge in [-0.25, -0.2) is 4.79 Å². The molecule has 0 aliphatic heterocycles. The summed E-state index contributed by atoms with van der Waals surface area (Å²) < 4.78 is 11.3. The number of allylic oxidation sites excluding steroid dienone is 3. The number of ether oxygens (including phenoxy) is 1. The fraction of sp³-hybridized carbons (Fsp3) is 0.583. The Morgan fingerprint density at radius 1 is 0.500 bits per heavy atom. The van der Waals surface area contributed by atoms with Crippen molar-refractivity contribution in [2.45, 2.75) is 204 Å². The maximum Gasteiger partial charge on any atom is 0.336 e. The molecular formula is C60H89BrO3. The van der Waals surface area contributed by atoms with Crippen LogP contribution >= 0.6 is 15.9 Å². The predicted octanol–water partition coefficient (Wildman–Crippen LogP) is 17.7. The molecule has 64 heavy (non-hydrogen) atoms. The Morgan fingerprint density at radius 2 is 0.875 bits per heavy atom. The maximum absolute atomic E-state index is 11.7. The molecule has 0 aliphatic rings. The van der Waals surface area contributed by atoms with Crippen LogP contribution in [0.25, 0.3) is 11.0 Å². The molecule has 354 valence electrons. The third-order valence-electron chi connectivity index (χ3n) is 12.8. The Balaban J connectivity index is 0.000000367. The van der Waals surface area contributed by atoms with Crippen molar-refractivity contribution in [1.82, 2.24) is 0 Å². The van der Waals surface area contributed by atoms with Crippen LogP contribution in [0.2, 0.25) is 0 Å². The summed E-state index contributed by atoms with van der Waals surface area (Å²) in [5, 5.41) is 1.87. The van der Waals surface area contributed by atoms with Gasteiger partial charge in [-0.1, -0.05) is 215 Å². The van der Waals surface area contributed by atoms with Crippen LogP contribution in [-0.2, 0) is 32.5 Å². The Hall–Kier alpha value is -3.37. The van der Waals surface area contributed by atoms with E-state index in [1.807, 2.05) is 19.1 Å². The van der Waals surface area contributed by atoms with Crippen LogP contribution in [0, 0.1) is 17.8 Å². The Morgan fingerprint density at radius 3 is 1.25 bits per heavy atom. The lowest BCUT2D eigenvalue weighted by Gasteiger charge is -2.37. The molecule has 0 saturated heterocycles. The van der Waals surface area contributed by atoms with E-state index in [1.54, 1.807) is 6.07 Å². The number of hydrogen-bond donors (Lipinski definition) is 0. The molecule has 0 fully saturated rings. The van der Waals surface area contributed by atoms with Gasteiger partial charge in [-0.2, -0.15) is 0 Å². The Bertz CT molecular complexity index is 2220. The van der Waals surface area contributed by atoms with Gasteiger partial charge in [0.15, 0.2) is 0 Å². The van der Waals surface area contributed by atoms with Crippen molar-refractivity contribution >= 4 is 26.9 Å². The van der Waals surface area contributed by atoms with Crippen molar-refractivity contribution in [3.63, 3.8) is 0 Å². The standard InChI is InChI=1S/C35H48O3.C25H41Br/c1-24-18-31(36)38-30-22-28(14-15-29(24)30)37-17-13-12-16-34(8,9)23-35(10,11)27-20-25(32(2,3)4)19-26(21-27)33(5,6)7;1-22(2,3)19-15-20(23(4,5)6)17-21(16-19)25(9,10)18-24(7,8)13-11-12-14-26/h12-15,18-22H,16-17,23H2,1-11H3;11-12,15-17H,13-14,18H2,1-10H3. The highest BCUT2D eigenvalue weighted by atomic mass is 79.9. The number of alkyl halides is 1. The van der Waals surface area contributed by atoms with Crippen LogP contribution in [0.15, 0.2) is 94.2 Å². The summed E-state index contributed by atoms with van der Waals surface area (Å²) in [5.41, 5.74) is 10.9. The van der Waals surface area contributed by atoms with E-state index in [0.29, 0.717) is 17.9 Å². The van der Waals surface area contributed by atoms with Crippen LogP contribution in [0.5, 0.6) is 5.75 Å². The molecule has 4 heteroatoms. The van der Waals surface area contributed by atoms with Crippen molar-refractivity contribution in [2.75, 3.05) is 11.9 Å². The summed E-state index contributed by atoms with van der Waals surface area (Å²) in [6.07, 6.45) is 13.2. The zero-order valence-electron chi connectivity index (χ0n) is 44.4. The van der Waals surface area contributed by atoms with E-state index >= 15 is 0 Å². The first kappa shape index (κ1) is 55.0. The van der Waals surface area contributed by atoms with E-state index in [9.17, 15) is 4.79 Å². The average molecular weight is 938 g/mol. The zero-order valence-corrected chi connectivity index (χ0v) is 46.0. The molecule has 3 aromatic carbocycles. The van der Waals surface area contributed by atoms with Crippen LogP contribution in [0.4, 0.5) is 0 Å². The minimum atomic E-state index is -0.336. The topological polar surface area (TPSA) is 39.4 Å². The number of rotatable bonds is 14. The molecule has 0 spiro atoms. The summed E-state index contributed by atoms with van der Waals surface area (Å²) in [4.78, 5) is 11.7. The third-order valence-corrected chi connectivity index (χ3v) is 13.1. The number of fused-ring (bicyclic) bond motifs is 1. The quantitative estimate of drug-likeness (QED) is 0.0718. The number of hydrogen-bond acceptors (Lipinski definition) is 3. The summed E-state index contributed by atoms with van der Waals surface area (Å²) in [6, 6.07) is 21.8. The molecule has 0 radical (unpaired) electrons. The highest BCUT2D eigenvalue weighted by Crippen LogP contribution is 2.43. The lowest BCUT2D eigenvalue weighted by atomic mass is 9.68. The summed E-state index contributed by atoms with van der Waals surface area (Å²) in [5.74, 6) is 0.699. The average Bonchev–Trinajstić information content (AvgIpc) is 3.12. The van der Waals surface area contributed by atoms with Crippen molar-refractivity contribution in [3.8, 4) is 5.75 Å². The lowest BCUT2D eigenvalue weighted by molar-refractivity contribution is 0.258. The molecule has 4 aromatic rings. The van der Waals surface area contributed by atoms with Crippen LogP contribution < -0.4 is 10.4 Å². The highest BCUT2D eigenvalue weighted by Gasteiger charge is 2.33. The number of halogens is 1. The largest absolute Gasteiger partial charge is 0.489 e. The van der Waals surface area contributed by atoms with Gasteiger partial charge >= 0.3 is 5.63 Å². The molecule has 1 aromatic heterocycles. The van der Waals surface area contributed by atoms with Gasteiger partial charge < -0.3 is 9.15 Å². The van der Waals surface area contributed by atoms with Gasteiger partial charge in [-0.15, -0.1) is 0 Å². The van der Waals surface area contributed by atoms with E-state index < -0.39 is 0 Å². The number of benzene rings is 3. The van der Waals surface area contributed by atoms with E-state index in [0.717, 1.165) is 35.5 Å². The fourth-order valence-corrected chi connectivity index (χ4v) is 9.25. The predicted molar refractivity (Wildman–Crippen MR) is 285 cm³/mol. The van der Waals surface area contributed by atoms with Crippen LogP contribution in [0.1, 0.15) is 203 Å². The number of aryl methyl sites for hydroxylation is 1. The smallest absolute Gasteiger partial charge is 0.336 e. The van der Waals surface area contributed by atoms with Crippen molar-refractivity contribution in [2.24, 2.45) is 10.8 Å². The first-order valence-corrected chi connectivity index (χ1v) is 24.9. The van der Waals surface area contributed by atoms with Gasteiger partial charge in [0.1, 0.15) is 17.9 Å². The molecule has 0 atom stereocenters. The molecule has 4 rings (SSSR count). The molecule has 0 bridgehead atoms. The molecule has 1 heterocycles. The lowest BCUT2D eigenvalue weighted by Crippen LogP contribution is -2.28. The molecule has 0 N–H and O–H groups in total. The monoisotopic (exact) mass is 937 g/mol. The van der Waals surface area contributed by atoms with Crippen molar-refractivity contribution < 1.29 is 9.15 Å². The minimum Gasteiger partial charge on any atom is -0.489 e. The molecule has 0 unspecified atom stereocenters. The minimum absolute atomic E-state index is 0.0439. The first-order valence-electron chi connectivity index (χ1n) is 23.8. The first-order chi connectivity index (χ1) is 29.0. The van der Waals surface area contributed by atoms with E-state index in [1.165, 1.54) is 45.9 Å². The summed E-state index contributed by atoms with van der Waals surface area (Å²) >= 11 is 3.48. The SMILES string of the molecule is CC(C)(CC=CCBr)CC(C)(C)c1cc(C(C)(C)C)cc(C(C)(C)C)c1.Cc1cc(=O)oc2cc(OCC=CCC(C)(C)CC(C)(C)c3cc(C(C)(C)C)cc(C(C)(C)C)c3)ccc12. The second-order valence-electron chi connectivity index (χ2n) is 25.8. The highest BCUT2D eigenvalue weighted by molar-refractivity contribution is 9.09.